The number of carbonyl (C=O) groups is 2. The van der Waals surface area contributed by atoms with Crippen LogP contribution in [0.3, 0.4) is 0 Å². The van der Waals surface area contributed by atoms with E-state index in [2.05, 4.69) is 10.6 Å². The SMILES string of the molecule is C[C@@H](C(=O)Nc1ccccc1C(=O)NC1CCCCC1)N(c1ccc(F)cc1)S(C)(=O)=O. The van der Waals surface area contributed by atoms with E-state index in [1.165, 1.54) is 25.5 Å². The molecule has 1 aliphatic rings. The van der Waals surface area contributed by atoms with Crippen LogP contribution < -0.4 is 14.9 Å². The standard InChI is InChI=1S/C23H28FN3O4S/c1-16(27(32(2,30)31)19-14-12-17(24)13-15-19)22(28)26-21-11-7-6-10-20(21)23(29)25-18-8-4-3-5-9-18/h6-7,10-16,18H,3-5,8-9H2,1-2H3,(H,25,29)(H,26,28)/t16-/m0/s1. The van der Waals surface area contributed by atoms with Gasteiger partial charge in [0.15, 0.2) is 0 Å². The third-order valence-electron chi connectivity index (χ3n) is 5.54. The van der Waals surface area contributed by atoms with E-state index in [9.17, 15) is 22.4 Å². The number of hydrogen-bond acceptors (Lipinski definition) is 4. The van der Waals surface area contributed by atoms with Crippen molar-refractivity contribution in [1.82, 2.24) is 5.32 Å². The summed E-state index contributed by atoms with van der Waals surface area (Å²) in [5, 5.41) is 5.71. The molecule has 2 aromatic carbocycles. The molecular weight excluding hydrogens is 433 g/mol. The van der Waals surface area contributed by atoms with E-state index in [0.717, 1.165) is 48.4 Å². The van der Waals surface area contributed by atoms with Crippen LogP contribution in [0.2, 0.25) is 0 Å². The number of sulfonamides is 1. The second-order valence-corrected chi connectivity index (χ2v) is 9.91. The van der Waals surface area contributed by atoms with E-state index in [1.54, 1.807) is 24.3 Å². The minimum absolute atomic E-state index is 0.109. The molecule has 9 heteroatoms. The lowest BCUT2D eigenvalue weighted by atomic mass is 9.95. The van der Waals surface area contributed by atoms with E-state index in [0.29, 0.717) is 11.3 Å². The van der Waals surface area contributed by atoms with Crippen molar-refractivity contribution in [3.05, 3.63) is 59.9 Å². The first-order chi connectivity index (χ1) is 15.2. The molecule has 1 fully saturated rings. The van der Waals surface area contributed by atoms with Crippen molar-refractivity contribution >= 4 is 33.2 Å². The van der Waals surface area contributed by atoms with Gasteiger partial charge in [0.25, 0.3) is 5.91 Å². The zero-order valence-corrected chi connectivity index (χ0v) is 19.0. The summed E-state index contributed by atoms with van der Waals surface area (Å²) in [4.78, 5) is 25.8. The van der Waals surface area contributed by atoms with Gasteiger partial charge in [0.2, 0.25) is 15.9 Å². The first kappa shape index (κ1) is 23.7. The minimum atomic E-state index is -3.84. The topological polar surface area (TPSA) is 95.6 Å². The highest BCUT2D eigenvalue weighted by Crippen LogP contribution is 2.24. The molecule has 0 unspecified atom stereocenters. The lowest BCUT2D eigenvalue weighted by molar-refractivity contribution is -0.116. The van der Waals surface area contributed by atoms with Crippen LogP contribution in [-0.2, 0) is 14.8 Å². The largest absolute Gasteiger partial charge is 0.349 e. The summed E-state index contributed by atoms with van der Waals surface area (Å²) in [6.45, 7) is 1.43. The Morgan fingerprint density at radius 1 is 1.03 bits per heavy atom. The number of nitrogens with one attached hydrogen (secondary N) is 2. The second kappa shape index (κ2) is 10.1. The van der Waals surface area contributed by atoms with Gasteiger partial charge in [-0.05, 0) is 56.2 Å². The predicted octanol–water partition coefficient (Wildman–Crippen LogP) is 3.68. The maximum absolute atomic E-state index is 13.3. The molecule has 0 bridgehead atoms. The first-order valence-electron chi connectivity index (χ1n) is 10.6. The Morgan fingerprint density at radius 2 is 1.66 bits per heavy atom. The monoisotopic (exact) mass is 461 g/mol. The summed E-state index contributed by atoms with van der Waals surface area (Å²) in [7, 11) is -3.84. The highest BCUT2D eigenvalue weighted by atomic mass is 32.2. The number of amides is 2. The molecule has 0 saturated heterocycles. The Labute approximate surface area is 188 Å². The van der Waals surface area contributed by atoms with E-state index in [1.807, 2.05) is 0 Å². The van der Waals surface area contributed by atoms with Crippen molar-refractivity contribution in [2.75, 3.05) is 15.9 Å². The van der Waals surface area contributed by atoms with Crippen LogP contribution in [0.5, 0.6) is 0 Å². The molecule has 1 atom stereocenters. The zero-order valence-electron chi connectivity index (χ0n) is 18.2. The second-order valence-electron chi connectivity index (χ2n) is 8.05. The lowest BCUT2D eigenvalue weighted by Gasteiger charge is -2.28. The number of halogens is 1. The maximum Gasteiger partial charge on any atom is 0.253 e. The summed E-state index contributed by atoms with van der Waals surface area (Å²) in [5.41, 5.74) is 0.774. The van der Waals surface area contributed by atoms with E-state index in [4.69, 9.17) is 0 Å². The molecule has 0 spiro atoms. The maximum atomic E-state index is 13.3. The number of carbonyl (C=O) groups excluding carboxylic acids is 2. The number of nitrogens with zero attached hydrogens (tertiary/aromatic N) is 1. The molecule has 2 amide bonds. The normalized spacial score (nSPS) is 15.6. The van der Waals surface area contributed by atoms with Crippen molar-refractivity contribution in [2.24, 2.45) is 0 Å². The van der Waals surface area contributed by atoms with Crippen LogP contribution in [0.4, 0.5) is 15.8 Å². The number of benzene rings is 2. The molecule has 172 valence electrons. The molecule has 7 nitrogen and oxygen atoms in total. The highest BCUT2D eigenvalue weighted by Gasteiger charge is 2.30. The summed E-state index contributed by atoms with van der Waals surface area (Å²) >= 11 is 0. The molecular formula is C23H28FN3O4S. The van der Waals surface area contributed by atoms with Crippen LogP contribution in [0.15, 0.2) is 48.5 Å². The van der Waals surface area contributed by atoms with E-state index in [-0.39, 0.29) is 17.6 Å². The Kier molecular flexibility index (Phi) is 7.50. The molecule has 0 aromatic heterocycles. The number of para-hydroxylation sites is 1. The molecule has 0 radical (unpaired) electrons. The van der Waals surface area contributed by atoms with E-state index >= 15 is 0 Å². The molecule has 2 aromatic rings. The Morgan fingerprint density at radius 3 is 2.28 bits per heavy atom. The molecule has 1 aliphatic carbocycles. The lowest BCUT2D eigenvalue weighted by Crippen LogP contribution is -2.45. The quantitative estimate of drug-likeness (QED) is 0.658. The van der Waals surface area contributed by atoms with Gasteiger partial charge in [-0.2, -0.15) is 0 Å². The third-order valence-corrected chi connectivity index (χ3v) is 6.78. The van der Waals surface area contributed by atoms with Crippen LogP contribution in [0.25, 0.3) is 0 Å². The number of rotatable bonds is 7. The summed E-state index contributed by atoms with van der Waals surface area (Å²) in [5.74, 6) is -1.41. The summed E-state index contributed by atoms with van der Waals surface area (Å²) < 4.78 is 39.0. The van der Waals surface area contributed by atoms with Crippen molar-refractivity contribution < 1.29 is 22.4 Å². The zero-order chi connectivity index (χ0) is 23.3. The fraction of sp³-hybridized carbons (Fsp3) is 0.391. The van der Waals surface area contributed by atoms with Gasteiger partial charge in [-0.15, -0.1) is 0 Å². The summed E-state index contributed by atoms with van der Waals surface area (Å²) in [6.07, 6.45) is 6.15. The van der Waals surface area contributed by atoms with Crippen molar-refractivity contribution in [2.45, 2.75) is 51.1 Å². The van der Waals surface area contributed by atoms with Gasteiger partial charge in [-0.25, -0.2) is 12.8 Å². The van der Waals surface area contributed by atoms with Gasteiger partial charge in [-0.1, -0.05) is 31.4 Å². The fourth-order valence-electron chi connectivity index (χ4n) is 3.93. The number of anilines is 2. The van der Waals surface area contributed by atoms with Crippen molar-refractivity contribution in [3.8, 4) is 0 Å². The van der Waals surface area contributed by atoms with Crippen molar-refractivity contribution in [3.63, 3.8) is 0 Å². The minimum Gasteiger partial charge on any atom is -0.349 e. The fourth-order valence-corrected chi connectivity index (χ4v) is 5.11. The van der Waals surface area contributed by atoms with Crippen LogP contribution in [-0.4, -0.2) is 38.6 Å². The number of hydrogen-bond donors (Lipinski definition) is 2. The predicted molar refractivity (Wildman–Crippen MR) is 123 cm³/mol. The molecule has 0 aliphatic heterocycles. The average Bonchev–Trinajstić information content (AvgIpc) is 2.75. The van der Waals surface area contributed by atoms with Gasteiger partial charge in [-0.3, -0.25) is 13.9 Å². The average molecular weight is 462 g/mol. The van der Waals surface area contributed by atoms with Crippen LogP contribution >= 0.6 is 0 Å². The molecule has 3 rings (SSSR count). The molecule has 0 heterocycles. The first-order valence-corrected chi connectivity index (χ1v) is 12.5. The summed E-state index contributed by atoms with van der Waals surface area (Å²) in [6, 6.07) is 10.4. The molecule has 32 heavy (non-hydrogen) atoms. The highest BCUT2D eigenvalue weighted by molar-refractivity contribution is 7.92. The Hall–Kier alpha value is -2.94. The van der Waals surface area contributed by atoms with Gasteiger partial charge < -0.3 is 10.6 Å². The van der Waals surface area contributed by atoms with Gasteiger partial charge >= 0.3 is 0 Å². The Bertz CT molecular complexity index is 1070. The van der Waals surface area contributed by atoms with Gasteiger partial charge in [0, 0.05) is 6.04 Å². The third kappa shape index (κ3) is 5.85. The van der Waals surface area contributed by atoms with Gasteiger partial charge in [0.1, 0.15) is 11.9 Å². The Balaban J connectivity index is 1.79. The van der Waals surface area contributed by atoms with Gasteiger partial charge in [0.05, 0.1) is 23.2 Å². The van der Waals surface area contributed by atoms with Crippen molar-refractivity contribution in [1.29, 1.82) is 0 Å². The van der Waals surface area contributed by atoms with Crippen LogP contribution in [0.1, 0.15) is 49.4 Å². The smallest absolute Gasteiger partial charge is 0.253 e. The molecule has 2 N–H and O–H groups in total. The van der Waals surface area contributed by atoms with Crippen LogP contribution in [0, 0.1) is 5.82 Å². The molecule has 1 saturated carbocycles. The van der Waals surface area contributed by atoms with E-state index < -0.39 is 27.8 Å².